The van der Waals surface area contributed by atoms with Crippen LogP contribution in [0.2, 0.25) is 0 Å². The quantitative estimate of drug-likeness (QED) is 0.749. The first-order valence-corrected chi connectivity index (χ1v) is 5.93. The van der Waals surface area contributed by atoms with Crippen molar-refractivity contribution in [2.45, 2.75) is 32.7 Å². The minimum atomic E-state index is 0.156. The molecule has 1 heterocycles. The molecule has 0 aliphatic rings. The van der Waals surface area contributed by atoms with E-state index >= 15 is 0 Å². The normalized spacial score (nSPS) is 13.1. The number of halogens is 1. The van der Waals surface area contributed by atoms with Gasteiger partial charge in [0, 0.05) is 6.61 Å². The van der Waals surface area contributed by atoms with Crippen molar-refractivity contribution in [1.29, 1.82) is 0 Å². The predicted octanol–water partition coefficient (Wildman–Crippen LogP) is 2.28. The molecule has 0 fully saturated rings. The Morgan fingerprint density at radius 2 is 2.19 bits per heavy atom. The molecule has 92 valence electrons. The summed E-state index contributed by atoms with van der Waals surface area (Å²) in [5, 5.41) is 10.8. The van der Waals surface area contributed by atoms with Crippen molar-refractivity contribution in [1.82, 2.24) is 10.2 Å². The maximum absolute atomic E-state index is 5.57. The Bertz CT molecular complexity index is 304. The van der Waals surface area contributed by atoms with Gasteiger partial charge in [-0.25, -0.2) is 0 Å². The van der Waals surface area contributed by atoms with Gasteiger partial charge in [-0.2, -0.15) is 0 Å². The van der Waals surface area contributed by atoms with Gasteiger partial charge in [-0.15, -0.1) is 16.7 Å². The maximum atomic E-state index is 5.57. The average Bonchev–Trinajstić information content (AvgIpc) is 2.71. The molecule has 1 aromatic heterocycles. The predicted molar refractivity (Wildman–Crippen MR) is 62.6 cm³/mol. The fourth-order valence-corrected chi connectivity index (χ4v) is 1.28. The van der Waals surface area contributed by atoms with Gasteiger partial charge >= 0.3 is 6.01 Å². The van der Waals surface area contributed by atoms with Crippen molar-refractivity contribution >= 4 is 17.6 Å². The number of anilines is 1. The van der Waals surface area contributed by atoms with E-state index in [4.69, 9.17) is 20.8 Å². The van der Waals surface area contributed by atoms with Gasteiger partial charge in [-0.05, 0) is 12.8 Å². The Balaban J connectivity index is 2.53. The van der Waals surface area contributed by atoms with Crippen LogP contribution in [0.15, 0.2) is 4.42 Å². The number of nitrogens with one attached hydrogen (secondary N) is 1. The van der Waals surface area contributed by atoms with Gasteiger partial charge in [0.05, 0.1) is 12.6 Å². The molecule has 0 spiro atoms. The molecule has 0 saturated heterocycles. The van der Waals surface area contributed by atoms with Crippen molar-refractivity contribution in [3.63, 3.8) is 0 Å². The molecule has 1 unspecified atom stereocenters. The van der Waals surface area contributed by atoms with Gasteiger partial charge in [0.15, 0.2) is 0 Å². The summed E-state index contributed by atoms with van der Waals surface area (Å²) >= 11 is 5.57. The molecule has 0 saturated carbocycles. The summed E-state index contributed by atoms with van der Waals surface area (Å²) in [5.41, 5.74) is 0. The maximum Gasteiger partial charge on any atom is 0.315 e. The highest BCUT2D eigenvalue weighted by Crippen LogP contribution is 2.13. The minimum Gasteiger partial charge on any atom is -0.407 e. The van der Waals surface area contributed by atoms with Crippen molar-refractivity contribution in [3.05, 3.63) is 5.89 Å². The molecule has 0 aliphatic heterocycles. The van der Waals surface area contributed by atoms with Crippen molar-refractivity contribution in [3.8, 4) is 0 Å². The van der Waals surface area contributed by atoms with Crippen LogP contribution in [0.4, 0.5) is 6.01 Å². The van der Waals surface area contributed by atoms with Crippen LogP contribution in [0.3, 0.4) is 0 Å². The smallest absolute Gasteiger partial charge is 0.315 e. The number of ether oxygens (including phenoxy) is 1. The summed E-state index contributed by atoms with van der Waals surface area (Å²) in [6, 6.07) is 0.553. The van der Waals surface area contributed by atoms with Crippen molar-refractivity contribution < 1.29 is 9.15 Å². The second-order valence-electron chi connectivity index (χ2n) is 3.79. The van der Waals surface area contributed by atoms with Crippen LogP contribution in [0.25, 0.3) is 0 Å². The fraction of sp³-hybridized carbons (Fsp3) is 0.800. The number of rotatable bonds is 7. The second-order valence-corrected chi connectivity index (χ2v) is 4.06. The summed E-state index contributed by atoms with van der Waals surface area (Å²) in [7, 11) is 0. The Morgan fingerprint density at radius 1 is 1.44 bits per heavy atom. The van der Waals surface area contributed by atoms with Crippen molar-refractivity contribution in [2.24, 2.45) is 5.92 Å². The van der Waals surface area contributed by atoms with Gasteiger partial charge in [-0.1, -0.05) is 18.9 Å². The zero-order chi connectivity index (χ0) is 12.0. The third-order valence-corrected chi connectivity index (χ3v) is 2.42. The zero-order valence-corrected chi connectivity index (χ0v) is 10.6. The van der Waals surface area contributed by atoms with Crippen molar-refractivity contribution in [2.75, 3.05) is 18.5 Å². The standard InChI is InChI=1S/C10H18ClN3O2/c1-4-15-6-8(7(2)3)12-10-14-13-9(5-11)16-10/h7-8H,4-6H2,1-3H3,(H,12,14). The lowest BCUT2D eigenvalue weighted by Crippen LogP contribution is -2.31. The van der Waals surface area contributed by atoms with Crippen LogP contribution < -0.4 is 5.32 Å². The molecule has 0 aromatic carbocycles. The van der Waals surface area contributed by atoms with Gasteiger partial charge in [-0.3, -0.25) is 0 Å². The Morgan fingerprint density at radius 3 is 2.69 bits per heavy atom. The topological polar surface area (TPSA) is 60.2 Å². The number of hydrogen-bond donors (Lipinski definition) is 1. The summed E-state index contributed by atoms with van der Waals surface area (Å²) in [6.45, 7) is 7.50. The van der Waals surface area contributed by atoms with Crippen LogP contribution in [-0.2, 0) is 10.6 Å². The van der Waals surface area contributed by atoms with E-state index in [-0.39, 0.29) is 11.9 Å². The van der Waals surface area contributed by atoms with Gasteiger partial charge in [0.1, 0.15) is 5.88 Å². The van der Waals surface area contributed by atoms with E-state index in [1.165, 1.54) is 0 Å². The lowest BCUT2D eigenvalue weighted by Gasteiger charge is -2.20. The van der Waals surface area contributed by atoms with E-state index in [9.17, 15) is 0 Å². The molecule has 16 heavy (non-hydrogen) atoms. The van der Waals surface area contributed by atoms with Crippen LogP contribution in [0.5, 0.6) is 0 Å². The third-order valence-electron chi connectivity index (χ3n) is 2.20. The first kappa shape index (κ1) is 13.3. The lowest BCUT2D eigenvalue weighted by atomic mass is 10.1. The summed E-state index contributed by atoms with van der Waals surface area (Å²) < 4.78 is 10.7. The Hall–Kier alpha value is -0.810. The van der Waals surface area contributed by atoms with E-state index in [1.807, 2.05) is 6.92 Å². The number of hydrogen-bond acceptors (Lipinski definition) is 5. The first-order chi connectivity index (χ1) is 7.67. The highest BCUT2D eigenvalue weighted by atomic mass is 35.5. The first-order valence-electron chi connectivity index (χ1n) is 5.40. The molecule has 0 radical (unpaired) electrons. The zero-order valence-electron chi connectivity index (χ0n) is 9.86. The van der Waals surface area contributed by atoms with E-state index in [0.29, 0.717) is 31.0 Å². The minimum absolute atomic E-state index is 0.156. The van der Waals surface area contributed by atoms with Gasteiger partial charge in [0.25, 0.3) is 0 Å². The molecular formula is C10H18ClN3O2. The molecule has 6 heteroatoms. The van der Waals surface area contributed by atoms with E-state index in [1.54, 1.807) is 0 Å². The number of nitrogens with zero attached hydrogens (tertiary/aromatic N) is 2. The monoisotopic (exact) mass is 247 g/mol. The number of aromatic nitrogens is 2. The van der Waals surface area contributed by atoms with Crippen LogP contribution >= 0.6 is 11.6 Å². The largest absolute Gasteiger partial charge is 0.407 e. The molecule has 0 bridgehead atoms. The number of alkyl halides is 1. The van der Waals surface area contributed by atoms with Gasteiger partial charge in [0.2, 0.25) is 5.89 Å². The van der Waals surface area contributed by atoms with Gasteiger partial charge < -0.3 is 14.5 Å². The highest BCUT2D eigenvalue weighted by Gasteiger charge is 2.16. The molecule has 1 atom stereocenters. The SMILES string of the molecule is CCOCC(Nc1nnc(CCl)o1)C(C)C. The molecule has 5 nitrogen and oxygen atoms in total. The summed E-state index contributed by atoms with van der Waals surface area (Å²) in [4.78, 5) is 0. The molecule has 1 aromatic rings. The lowest BCUT2D eigenvalue weighted by molar-refractivity contribution is 0.126. The van der Waals surface area contributed by atoms with E-state index in [2.05, 4.69) is 29.4 Å². The average molecular weight is 248 g/mol. The third kappa shape index (κ3) is 3.98. The Labute approximate surface area is 101 Å². The van der Waals surface area contributed by atoms with Crippen LogP contribution in [0, 0.1) is 5.92 Å². The highest BCUT2D eigenvalue weighted by molar-refractivity contribution is 6.16. The molecule has 1 N–H and O–H groups in total. The summed E-state index contributed by atoms with van der Waals surface area (Å²) in [6.07, 6.45) is 0. The molecule has 0 aliphatic carbocycles. The van der Waals surface area contributed by atoms with E-state index in [0.717, 1.165) is 0 Å². The fourth-order valence-electron chi connectivity index (χ4n) is 1.17. The molecule has 1 rings (SSSR count). The van der Waals surface area contributed by atoms with Crippen LogP contribution in [0.1, 0.15) is 26.7 Å². The molecular weight excluding hydrogens is 230 g/mol. The Kier molecular flexibility index (Phi) is 5.55. The second kappa shape index (κ2) is 6.70. The van der Waals surface area contributed by atoms with E-state index < -0.39 is 0 Å². The molecule has 0 amide bonds. The summed E-state index contributed by atoms with van der Waals surface area (Å²) in [5.74, 6) is 1.06. The van der Waals surface area contributed by atoms with Crippen LogP contribution in [-0.4, -0.2) is 29.5 Å².